The number of hydrogen-bond acceptors (Lipinski definition) is 1. The summed E-state index contributed by atoms with van der Waals surface area (Å²) in [6.07, 6.45) is 4.72. The Morgan fingerprint density at radius 2 is 2.00 bits per heavy atom. The van der Waals surface area contributed by atoms with Crippen molar-refractivity contribution in [2.24, 2.45) is 0 Å². The van der Waals surface area contributed by atoms with E-state index in [0.717, 1.165) is 17.8 Å². The summed E-state index contributed by atoms with van der Waals surface area (Å²) in [6.45, 7) is 8.10. The second-order valence-electron chi connectivity index (χ2n) is 5.89. The molecule has 0 radical (unpaired) electrons. The molecule has 0 aliphatic rings. The van der Waals surface area contributed by atoms with Crippen molar-refractivity contribution in [3.63, 3.8) is 0 Å². The van der Waals surface area contributed by atoms with Crippen LogP contribution >= 0.6 is 11.6 Å². The van der Waals surface area contributed by atoms with Gasteiger partial charge in [0.1, 0.15) is 11.6 Å². The van der Waals surface area contributed by atoms with Crippen LogP contribution in [0, 0.1) is 12.7 Å². The average Bonchev–Trinajstić information content (AvgIpc) is 2.78. The van der Waals surface area contributed by atoms with Gasteiger partial charge in [0, 0.05) is 12.1 Å². The molecule has 0 N–H and O–H groups in total. The third kappa shape index (κ3) is 3.39. The molecule has 21 heavy (non-hydrogen) atoms. The Morgan fingerprint density at radius 3 is 2.62 bits per heavy atom. The van der Waals surface area contributed by atoms with E-state index in [1.165, 1.54) is 25.3 Å². The fourth-order valence-corrected chi connectivity index (χ4v) is 2.96. The van der Waals surface area contributed by atoms with Crippen LogP contribution in [0.1, 0.15) is 69.3 Å². The summed E-state index contributed by atoms with van der Waals surface area (Å²) < 4.78 is 15.9. The number of rotatable bonds is 6. The van der Waals surface area contributed by atoms with Crippen molar-refractivity contribution in [2.75, 3.05) is 0 Å². The third-order valence-electron chi connectivity index (χ3n) is 4.02. The van der Waals surface area contributed by atoms with E-state index in [9.17, 15) is 4.39 Å². The highest BCUT2D eigenvalue weighted by Crippen LogP contribution is 2.31. The van der Waals surface area contributed by atoms with E-state index in [1.807, 2.05) is 13.0 Å². The van der Waals surface area contributed by atoms with Gasteiger partial charge in [0.2, 0.25) is 0 Å². The molecule has 0 aliphatic carbocycles. The largest absolute Gasteiger partial charge is 0.324 e. The number of nitrogens with zero attached hydrogens (tertiary/aromatic N) is 2. The highest BCUT2D eigenvalue weighted by atomic mass is 35.5. The number of alkyl halides is 1. The van der Waals surface area contributed by atoms with Gasteiger partial charge in [0.05, 0.1) is 16.4 Å². The lowest BCUT2D eigenvalue weighted by atomic mass is 10.1. The molecule has 2 atom stereocenters. The van der Waals surface area contributed by atoms with Gasteiger partial charge in [-0.05, 0) is 38.8 Å². The first-order chi connectivity index (χ1) is 9.95. The van der Waals surface area contributed by atoms with E-state index < -0.39 is 0 Å². The summed E-state index contributed by atoms with van der Waals surface area (Å²) in [7, 11) is 0. The quantitative estimate of drug-likeness (QED) is 0.478. The van der Waals surface area contributed by atoms with E-state index in [0.29, 0.717) is 17.1 Å². The van der Waals surface area contributed by atoms with Gasteiger partial charge in [-0.25, -0.2) is 9.37 Å². The van der Waals surface area contributed by atoms with Crippen LogP contribution in [0.5, 0.6) is 0 Å². The Bertz CT molecular complexity index is 619. The molecule has 1 aromatic heterocycles. The lowest BCUT2D eigenvalue weighted by molar-refractivity contribution is 0.472. The molecule has 4 heteroatoms. The Hall–Kier alpha value is -1.09. The number of aromatic nitrogens is 2. The first-order valence-electron chi connectivity index (χ1n) is 7.77. The number of unbranched alkanes of at least 4 members (excludes halogenated alkanes) is 2. The Balaban J connectivity index is 2.47. The van der Waals surface area contributed by atoms with Crippen molar-refractivity contribution in [3.05, 3.63) is 29.3 Å². The molecular weight excluding hydrogens is 287 g/mol. The molecule has 2 aromatic rings. The first-order valence-corrected chi connectivity index (χ1v) is 8.21. The smallest absolute Gasteiger partial charge is 0.128 e. The molecule has 0 aliphatic heterocycles. The molecule has 2 rings (SSSR count). The van der Waals surface area contributed by atoms with Crippen LogP contribution in [-0.2, 0) is 0 Å². The van der Waals surface area contributed by atoms with Crippen molar-refractivity contribution in [3.8, 4) is 0 Å². The van der Waals surface area contributed by atoms with E-state index in [1.54, 1.807) is 6.92 Å². The maximum Gasteiger partial charge on any atom is 0.128 e. The van der Waals surface area contributed by atoms with Gasteiger partial charge in [-0.1, -0.05) is 26.2 Å². The number of benzene rings is 1. The second kappa shape index (κ2) is 6.78. The summed E-state index contributed by atoms with van der Waals surface area (Å²) in [5.41, 5.74) is 2.33. The van der Waals surface area contributed by atoms with Crippen LogP contribution in [0.2, 0.25) is 0 Å². The van der Waals surface area contributed by atoms with Gasteiger partial charge >= 0.3 is 0 Å². The maximum absolute atomic E-state index is 13.8. The van der Waals surface area contributed by atoms with Crippen LogP contribution in [0.15, 0.2) is 12.1 Å². The van der Waals surface area contributed by atoms with E-state index in [-0.39, 0.29) is 11.2 Å². The zero-order valence-corrected chi connectivity index (χ0v) is 14.0. The standard InChI is InChI=1S/C17H24ClFN2/c1-5-6-7-8-12(3)21-16-9-11(2)14(19)10-15(16)20-17(21)13(4)18/h9-10,12-13H,5-8H2,1-4H3. The minimum atomic E-state index is -0.209. The SMILES string of the molecule is CCCCCC(C)n1c(C(C)Cl)nc2cc(F)c(C)cc21. The molecule has 2 unspecified atom stereocenters. The van der Waals surface area contributed by atoms with Gasteiger partial charge in [-0.2, -0.15) is 0 Å². The molecule has 0 fully saturated rings. The van der Waals surface area contributed by atoms with Crippen LogP contribution < -0.4 is 0 Å². The number of imidazole rings is 1. The molecule has 2 nitrogen and oxygen atoms in total. The Morgan fingerprint density at radius 1 is 1.29 bits per heavy atom. The van der Waals surface area contributed by atoms with Crippen LogP contribution in [0.3, 0.4) is 0 Å². The van der Waals surface area contributed by atoms with Crippen molar-refractivity contribution >= 4 is 22.6 Å². The molecule has 1 heterocycles. The molecule has 1 aromatic carbocycles. The first kappa shape index (κ1) is 16.3. The van der Waals surface area contributed by atoms with Crippen LogP contribution in [0.4, 0.5) is 4.39 Å². The topological polar surface area (TPSA) is 17.8 Å². The molecule has 0 spiro atoms. The summed E-state index contributed by atoms with van der Waals surface area (Å²) in [5, 5.41) is -0.186. The zero-order valence-electron chi connectivity index (χ0n) is 13.3. The highest BCUT2D eigenvalue weighted by Gasteiger charge is 2.20. The zero-order chi connectivity index (χ0) is 15.6. The number of aryl methyl sites for hydroxylation is 1. The summed E-state index contributed by atoms with van der Waals surface area (Å²) in [4.78, 5) is 4.55. The maximum atomic E-state index is 13.8. The van der Waals surface area contributed by atoms with E-state index >= 15 is 0 Å². The lowest BCUT2D eigenvalue weighted by Crippen LogP contribution is -2.10. The number of hydrogen-bond donors (Lipinski definition) is 0. The van der Waals surface area contributed by atoms with Crippen LogP contribution in [0.25, 0.3) is 11.0 Å². The number of fused-ring (bicyclic) bond motifs is 1. The van der Waals surface area contributed by atoms with Crippen molar-refractivity contribution in [1.82, 2.24) is 9.55 Å². The lowest BCUT2D eigenvalue weighted by Gasteiger charge is -2.18. The van der Waals surface area contributed by atoms with Crippen LogP contribution in [-0.4, -0.2) is 9.55 Å². The third-order valence-corrected chi connectivity index (χ3v) is 4.21. The van der Waals surface area contributed by atoms with E-state index in [2.05, 4.69) is 23.4 Å². The van der Waals surface area contributed by atoms with Crippen molar-refractivity contribution in [1.29, 1.82) is 0 Å². The molecular formula is C17H24ClFN2. The average molecular weight is 311 g/mol. The molecule has 0 amide bonds. The number of halogens is 2. The highest BCUT2D eigenvalue weighted by molar-refractivity contribution is 6.20. The second-order valence-corrected chi connectivity index (χ2v) is 6.55. The predicted molar refractivity (Wildman–Crippen MR) is 87.5 cm³/mol. The predicted octanol–water partition coefficient (Wildman–Crippen LogP) is 5.92. The molecule has 0 bridgehead atoms. The fourth-order valence-electron chi connectivity index (χ4n) is 2.80. The Kier molecular flexibility index (Phi) is 5.26. The fraction of sp³-hybridized carbons (Fsp3) is 0.588. The Labute approximate surface area is 131 Å². The van der Waals surface area contributed by atoms with E-state index in [4.69, 9.17) is 11.6 Å². The van der Waals surface area contributed by atoms with Crippen molar-refractivity contribution in [2.45, 2.75) is 64.8 Å². The van der Waals surface area contributed by atoms with Gasteiger partial charge in [0.25, 0.3) is 0 Å². The van der Waals surface area contributed by atoms with Gasteiger partial charge in [0.15, 0.2) is 0 Å². The summed E-state index contributed by atoms with van der Waals surface area (Å²) in [5.74, 6) is 0.625. The monoisotopic (exact) mass is 310 g/mol. The van der Waals surface area contributed by atoms with Gasteiger partial charge in [-0.3, -0.25) is 0 Å². The molecule has 0 saturated carbocycles. The van der Waals surface area contributed by atoms with Crippen molar-refractivity contribution < 1.29 is 4.39 Å². The van der Waals surface area contributed by atoms with Gasteiger partial charge < -0.3 is 4.57 Å². The molecule has 116 valence electrons. The summed E-state index contributed by atoms with van der Waals surface area (Å²) >= 11 is 6.29. The minimum absolute atomic E-state index is 0.186. The molecule has 0 saturated heterocycles. The van der Waals surface area contributed by atoms with Gasteiger partial charge in [-0.15, -0.1) is 11.6 Å². The normalized spacial score (nSPS) is 14.6. The summed E-state index contributed by atoms with van der Waals surface area (Å²) in [6, 6.07) is 3.72. The minimum Gasteiger partial charge on any atom is -0.324 e.